The van der Waals surface area contributed by atoms with Gasteiger partial charge in [0.15, 0.2) is 0 Å². The predicted molar refractivity (Wildman–Crippen MR) is 85.1 cm³/mol. The van der Waals surface area contributed by atoms with Crippen LogP contribution >= 0.6 is 11.6 Å². The summed E-state index contributed by atoms with van der Waals surface area (Å²) in [7, 11) is 0. The van der Waals surface area contributed by atoms with Gasteiger partial charge in [0, 0.05) is 37.6 Å². The van der Waals surface area contributed by atoms with E-state index in [1.54, 1.807) is 21.9 Å². The van der Waals surface area contributed by atoms with E-state index in [1.807, 2.05) is 13.8 Å². The number of carbonyl (C=O) groups excluding carboxylic acids is 2. The van der Waals surface area contributed by atoms with Gasteiger partial charge in [-0.15, -0.1) is 11.6 Å². The Bertz CT molecular complexity index is 566. The molecular formula is C16H21ClN2O3. The van der Waals surface area contributed by atoms with Crippen molar-refractivity contribution in [3.8, 4) is 5.75 Å². The number of nitrogens with zero attached hydrogens (tertiary/aromatic N) is 2. The van der Waals surface area contributed by atoms with Crippen molar-refractivity contribution in [3.05, 3.63) is 29.8 Å². The number of benzene rings is 1. The van der Waals surface area contributed by atoms with Gasteiger partial charge in [0.1, 0.15) is 5.75 Å². The molecule has 1 aliphatic rings. The molecule has 1 N–H and O–H groups in total. The molecule has 1 saturated heterocycles. The molecule has 0 atom stereocenters. The number of phenols is 1. The fraction of sp³-hybridized carbons (Fsp3) is 0.500. The normalized spacial score (nSPS) is 15.8. The standard InChI is InChI=1S/C16H21ClN2O3/c1-16(2,11-17)15(22)19-8-6-18(7-9-19)14(21)12-4-3-5-13(20)10-12/h3-5,10,20H,6-9,11H2,1-2H3. The first-order valence-electron chi connectivity index (χ1n) is 7.29. The van der Waals surface area contributed by atoms with Crippen molar-refractivity contribution < 1.29 is 14.7 Å². The van der Waals surface area contributed by atoms with Gasteiger partial charge in [0.05, 0.1) is 5.41 Å². The van der Waals surface area contributed by atoms with Crippen molar-refractivity contribution in [1.82, 2.24) is 9.80 Å². The molecule has 0 saturated carbocycles. The first kappa shape index (κ1) is 16.6. The number of rotatable bonds is 3. The minimum absolute atomic E-state index is 0.0203. The molecule has 2 amide bonds. The number of hydrogen-bond donors (Lipinski definition) is 1. The van der Waals surface area contributed by atoms with Crippen LogP contribution in [-0.2, 0) is 4.79 Å². The maximum Gasteiger partial charge on any atom is 0.254 e. The molecule has 0 spiro atoms. The smallest absolute Gasteiger partial charge is 0.254 e. The summed E-state index contributed by atoms with van der Waals surface area (Å²) in [4.78, 5) is 28.2. The van der Waals surface area contributed by atoms with E-state index in [-0.39, 0.29) is 23.4 Å². The molecule has 0 bridgehead atoms. The van der Waals surface area contributed by atoms with Crippen LogP contribution in [0.3, 0.4) is 0 Å². The van der Waals surface area contributed by atoms with Gasteiger partial charge in [-0.2, -0.15) is 0 Å². The highest BCUT2D eigenvalue weighted by atomic mass is 35.5. The van der Waals surface area contributed by atoms with Crippen molar-refractivity contribution in [3.63, 3.8) is 0 Å². The van der Waals surface area contributed by atoms with E-state index in [0.717, 1.165) is 0 Å². The van der Waals surface area contributed by atoms with E-state index >= 15 is 0 Å². The number of aromatic hydroxyl groups is 1. The maximum atomic E-state index is 12.4. The Kier molecular flexibility index (Phi) is 4.96. The third kappa shape index (κ3) is 3.53. The lowest BCUT2D eigenvalue weighted by Gasteiger charge is -2.38. The summed E-state index contributed by atoms with van der Waals surface area (Å²) in [5.41, 5.74) is -0.125. The van der Waals surface area contributed by atoms with Crippen molar-refractivity contribution in [2.24, 2.45) is 5.41 Å². The highest BCUT2D eigenvalue weighted by Crippen LogP contribution is 2.22. The first-order valence-corrected chi connectivity index (χ1v) is 7.82. The second-order valence-electron chi connectivity index (χ2n) is 6.15. The SMILES string of the molecule is CC(C)(CCl)C(=O)N1CCN(C(=O)c2cccc(O)c2)CC1. The van der Waals surface area contributed by atoms with Gasteiger partial charge in [0.2, 0.25) is 5.91 Å². The molecule has 1 aromatic rings. The summed E-state index contributed by atoms with van der Waals surface area (Å²) in [5.74, 6) is 0.240. The Morgan fingerprint density at radius 3 is 2.32 bits per heavy atom. The first-order chi connectivity index (χ1) is 10.3. The van der Waals surface area contributed by atoms with E-state index in [0.29, 0.717) is 31.7 Å². The van der Waals surface area contributed by atoms with Gasteiger partial charge in [-0.3, -0.25) is 9.59 Å². The molecule has 22 heavy (non-hydrogen) atoms. The third-order valence-electron chi connectivity index (χ3n) is 3.86. The van der Waals surface area contributed by atoms with Crippen LogP contribution in [0.4, 0.5) is 0 Å². The van der Waals surface area contributed by atoms with Gasteiger partial charge in [-0.05, 0) is 32.0 Å². The molecule has 1 aromatic carbocycles. The number of alkyl halides is 1. The van der Waals surface area contributed by atoms with Crippen LogP contribution in [0.1, 0.15) is 24.2 Å². The van der Waals surface area contributed by atoms with Crippen molar-refractivity contribution >= 4 is 23.4 Å². The highest BCUT2D eigenvalue weighted by Gasteiger charge is 2.33. The molecule has 5 nitrogen and oxygen atoms in total. The summed E-state index contributed by atoms with van der Waals surface area (Å²) in [5, 5.41) is 9.46. The van der Waals surface area contributed by atoms with E-state index < -0.39 is 5.41 Å². The Hall–Kier alpha value is -1.75. The number of piperazine rings is 1. The molecule has 1 aliphatic heterocycles. The Balaban J connectivity index is 1.98. The van der Waals surface area contributed by atoms with E-state index in [9.17, 15) is 14.7 Å². The van der Waals surface area contributed by atoms with E-state index in [1.165, 1.54) is 12.1 Å². The Morgan fingerprint density at radius 2 is 1.77 bits per heavy atom. The zero-order valence-corrected chi connectivity index (χ0v) is 13.6. The van der Waals surface area contributed by atoms with Gasteiger partial charge in [0.25, 0.3) is 5.91 Å². The van der Waals surface area contributed by atoms with Crippen LogP contribution in [0.15, 0.2) is 24.3 Å². The van der Waals surface area contributed by atoms with Crippen molar-refractivity contribution in [2.45, 2.75) is 13.8 Å². The minimum Gasteiger partial charge on any atom is -0.508 e. The summed E-state index contributed by atoms with van der Waals surface area (Å²) >= 11 is 5.85. The zero-order chi connectivity index (χ0) is 16.3. The van der Waals surface area contributed by atoms with Crippen molar-refractivity contribution in [1.29, 1.82) is 0 Å². The lowest BCUT2D eigenvalue weighted by molar-refractivity contribution is -0.140. The van der Waals surface area contributed by atoms with Crippen LogP contribution in [0.5, 0.6) is 5.75 Å². The number of carbonyl (C=O) groups is 2. The van der Waals surface area contributed by atoms with Crippen molar-refractivity contribution in [2.75, 3.05) is 32.1 Å². The molecule has 6 heteroatoms. The molecule has 0 aliphatic carbocycles. The molecule has 2 rings (SSSR count). The summed E-state index contributed by atoms with van der Waals surface area (Å²) in [6, 6.07) is 6.31. The molecule has 1 fully saturated rings. The lowest BCUT2D eigenvalue weighted by Crippen LogP contribution is -2.53. The summed E-state index contributed by atoms with van der Waals surface area (Å²) in [6.07, 6.45) is 0. The van der Waals surface area contributed by atoms with Gasteiger partial charge < -0.3 is 14.9 Å². The molecule has 0 radical (unpaired) electrons. The fourth-order valence-electron chi connectivity index (χ4n) is 2.42. The average molecular weight is 325 g/mol. The van der Waals surface area contributed by atoms with Crippen LogP contribution in [0.2, 0.25) is 0 Å². The van der Waals surface area contributed by atoms with Crippen LogP contribution < -0.4 is 0 Å². The monoisotopic (exact) mass is 324 g/mol. The quantitative estimate of drug-likeness (QED) is 0.864. The molecule has 0 aromatic heterocycles. The summed E-state index contributed by atoms with van der Waals surface area (Å²) < 4.78 is 0. The molecular weight excluding hydrogens is 304 g/mol. The second kappa shape index (κ2) is 6.57. The van der Waals surface area contributed by atoms with E-state index in [2.05, 4.69) is 0 Å². The second-order valence-corrected chi connectivity index (χ2v) is 6.42. The molecule has 1 heterocycles. The third-order valence-corrected chi connectivity index (χ3v) is 4.53. The average Bonchev–Trinajstić information content (AvgIpc) is 2.53. The van der Waals surface area contributed by atoms with Gasteiger partial charge >= 0.3 is 0 Å². The lowest BCUT2D eigenvalue weighted by atomic mass is 9.94. The fourth-order valence-corrected chi connectivity index (χ4v) is 2.53. The van der Waals surface area contributed by atoms with Gasteiger partial charge in [-0.25, -0.2) is 0 Å². The number of halogens is 1. The topological polar surface area (TPSA) is 60.9 Å². The summed E-state index contributed by atoms with van der Waals surface area (Å²) in [6.45, 7) is 5.63. The molecule has 120 valence electrons. The predicted octanol–water partition coefficient (Wildman–Crippen LogP) is 1.94. The number of phenolic OH excluding ortho intramolecular Hbond substituents is 1. The van der Waals surface area contributed by atoms with Crippen LogP contribution in [0, 0.1) is 5.41 Å². The Morgan fingerprint density at radius 1 is 1.18 bits per heavy atom. The zero-order valence-electron chi connectivity index (χ0n) is 12.9. The van der Waals surface area contributed by atoms with E-state index in [4.69, 9.17) is 11.6 Å². The number of hydrogen-bond acceptors (Lipinski definition) is 3. The number of amides is 2. The van der Waals surface area contributed by atoms with Crippen LogP contribution in [-0.4, -0.2) is 58.8 Å². The molecule has 0 unspecified atom stereocenters. The largest absolute Gasteiger partial charge is 0.508 e. The van der Waals surface area contributed by atoms with Gasteiger partial charge in [-0.1, -0.05) is 6.07 Å². The highest BCUT2D eigenvalue weighted by molar-refractivity contribution is 6.19. The van der Waals surface area contributed by atoms with Crippen LogP contribution in [0.25, 0.3) is 0 Å². The Labute approximate surface area is 135 Å². The maximum absolute atomic E-state index is 12.4. The minimum atomic E-state index is -0.584.